The first-order chi connectivity index (χ1) is 9.13. The van der Waals surface area contributed by atoms with E-state index in [1.165, 1.54) is 22.4 Å². The molecule has 0 aromatic heterocycles. The summed E-state index contributed by atoms with van der Waals surface area (Å²) in [5.41, 5.74) is 2.63. The quantitative estimate of drug-likeness (QED) is 0.349. The maximum atomic E-state index is 4.28. The summed E-state index contributed by atoms with van der Waals surface area (Å²) in [5, 5.41) is 6.84. The van der Waals surface area contributed by atoms with Crippen LogP contribution in [0.15, 0.2) is 28.1 Å². The molecule has 1 aliphatic rings. The first-order valence-corrected chi connectivity index (χ1v) is 7.97. The summed E-state index contributed by atoms with van der Waals surface area (Å²) in [6.07, 6.45) is 3.37. The van der Waals surface area contributed by atoms with E-state index in [4.69, 9.17) is 0 Å². The Morgan fingerprint density at radius 1 is 1.45 bits per heavy atom. The maximum absolute atomic E-state index is 4.28. The van der Waals surface area contributed by atoms with Gasteiger partial charge in [0.05, 0.1) is 0 Å². The Balaban J connectivity index is 0.00000200. The molecule has 0 aliphatic heterocycles. The SMILES string of the molecule is CN=C(NCc1ccc(C)cc1SC)NC1CC1C.I. The van der Waals surface area contributed by atoms with Crippen LogP contribution in [0.5, 0.6) is 0 Å². The lowest BCUT2D eigenvalue weighted by molar-refractivity contribution is 0.760. The average molecular weight is 405 g/mol. The van der Waals surface area contributed by atoms with Gasteiger partial charge in [0.15, 0.2) is 5.96 Å². The zero-order valence-corrected chi connectivity index (χ0v) is 15.7. The van der Waals surface area contributed by atoms with Gasteiger partial charge in [0.2, 0.25) is 0 Å². The molecule has 1 aromatic carbocycles. The zero-order valence-electron chi connectivity index (χ0n) is 12.6. The van der Waals surface area contributed by atoms with Gasteiger partial charge in [-0.3, -0.25) is 4.99 Å². The molecule has 2 unspecified atom stereocenters. The summed E-state index contributed by atoms with van der Waals surface area (Å²) in [7, 11) is 1.83. The highest BCUT2D eigenvalue weighted by Crippen LogP contribution is 2.28. The normalized spacial score (nSPS) is 21.1. The van der Waals surface area contributed by atoms with Gasteiger partial charge in [-0.15, -0.1) is 35.7 Å². The van der Waals surface area contributed by atoms with E-state index in [-0.39, 0.29) is 24.0 Å². The van der Waals surface area contributed by atoms with Crippen molar-refractivity contribution in [3.8, 4) is 0 Å². The van der Waals surface area contributed by atoms with Gasteiger partial charge in [-0.25, -0.2) is 0 Å². The van der Waals surface area contributed by atoms with Crippen LogP contribution in [0.25, 0.3) is 0 Å². The summed E-state index contributed by atoms with van der Waals surface area (Å²) < 4.78 is 0. The van der Waals surface area contributed by atoms with Gasteiger partial charge in [0.25, 0.3) is 0 Å². The molecule has 0 radical (unpaired) electrons. The summed E-state index contributed by atoms with van der Waals surface area (Å²) in [5.74, 6) is 1.68. The Bertz CT molecular complexity index is 476. The van der Waals surface area contributed by atoms with Gasteiger partial charge in [0, 0.05) is 24.5 Å². The molecule has 2 N–H and O–H groups in total. The first-order valence-electron chi connectivity index (χ1n) is 6.74. The number of nitrogens with zero attached hydrogens (tertiary/aromatic N) is 1. The maximum Gasteiger partial charge on any atom is 0.191 e. The van der Waals surface area contributed by atoms with E-state index in [1.807, 2.05) is 7.05 Å². The van der Waals surface area contributed by atoms with E-state index < -0.39 is 0 Å². The van der Waals surface area contributed by atoms with Crippen molar-refractivity contribution in [2.24, 2.45) is 10.9 Å². The molecule has 2 rings (SSSR count). The van der Waals surface area contributed by atoms with Crippen molar-refractivity contribution in [1.82, 2.24) is 10.6 Å². The second kappa shape index (κ2) is 8.12. The number of nitrogens with one attached hydrogen (secondary N) is 2. The number of aliphatic imine (C=N–C) groups is 1. The van der Waals surface area contributed by atoms with E-state index in [9.17, 15) is 0 Å². The van der Waals surface area contributed by atoms with Crippen molar-refractivity contribution in [2.75, 3.05) is 13.3 Å². The Morgan fingerprint density at radius 3 is 2.70 bits per heavy atom. The van der Waals surface area contributed by atoms with Crippen molar-refractivity contribution in [2.45, 2.75) is 37.8 Å². The van der Waals surface area contributed by atoms with Crippen LogP contribution >= 0.6 is 35.7 Å². The third kappa shape index (κ3) is 4.84. The highest BCUT2D eigenvalue weighted by atomic mass is 127. The molecule has 0 saturated heterocycles. The van der Waals surface area contributed by atoms with Crippen molar-refractivity contribution in [1.29, 1.82) is 0 Å². The Labute approximate surface area is 143 Å². The van der Waals surface area contributed by atoms with Gasteiger partial charge in [-0.05, 0) is 42.7 Å². The summed E-state index contributed by atoms with van der Waals surface area (Å²) >= 11 is 1.80. The predicted octanol–water partition coefficient (Wildman–Crippen LogP) is 3.41. The number of rotatable bonds is 4. The first kappa shape index (κ1) is 17.6. The molecule has 5 heteroatoms. The van der Waals surface area contributed by atoms with E-state index in [0.29, 0.717) is 6.04 Å². The third-order valence-electron chi connectivity index (χ3n) is 3.54. The number of hydrogen-bond donors (Lipinski definition) is 2. The number of halogens is 1. The zero-order chi connectivity index (χ0) is 13.8. The molecule has 0 amide bonds. The lowest BCUT2D eigenvalue weighted by Crippen LogP contribution is -2.38. The smallest absolute Gasteiger partial charge is 0.191 e. The van der Waals surface area contributed by atoms with Crippen LogP contribution in [0.1, 0.15) is 24.5 Å². The van der Waals surface area contributed by atoms with Gasteiger partial charge in [-0.1, -0.05) is 19.1 Å². The molecule has 1 fully saturated rings. The number of aryl methyl sites for hydroxylation is 1. The number of guanidine groups is 1. The van der Waals surface area contributed by atoms with Crippen molar-refractivity contribution < 1.29 is 0 Å². The minimum absolute atomic E-state index is 0. The van der Waals surface area contributed by atoms with Crippen molar-refractivity contribution in [3.05, 3.63) is 29.3 Å². The van der Waals surface area contributed by atoms with Crippen LogP contribution in [0.2, 0.25) is 0 Å². The fourth-order valence-electron chi connectivity index (χ4n) is 2.07. The lowest BCUT2D eigenvalue weighted by atomic mass is 10.1. The second-order valence-corrected chi connectivity index (χ2v) is 6.05. The number of benzene rings is 1. The third-order valence-corrected chi connectivity index (χ3v) is 4.36. The van der Waals surface area contributed by atoms with Crippen molar-refractivity contribution in [3.63, 3.8) is 0 Å². The fourth-order valence-corrected chi connectivity index (χ4v) is 2.78. The summed E-state index contributed by atoms with van der Waals surface area (Å²) in [6, 6.07) is 7.20. The molecule has 3 nitrogen and oxygen atoms in total. The Hall–Kier alpha value is -0.430. The molecule has 1 saturated carbocycles. The molecule has 0 heterocycles. The van der Waals surface area contributed by atoms with Gasteiger partial charge >= 0.3 is 0 Å². The fraction of sp³-hybridized carbons (Fsp3) is 0.533. The second-order valence-electron chi connectivity index (χ2n) is 5.20. The van der Waals surface area contributed by atoms with Crippen LogP contribution < -0.4 is 10.6 Å². The monoisotopic (exact) mass is 405 g/mol. The standard InChI is InChI=1S/C15H23N3S.HI/c1-10-5-6-12(14(7-10)19-4)9-17-15(16-3)18-13-8-11(13)2;/h5-7,11,13H,8-9H2,1-4H3,(H2,16,17,18);1H. The number of thioether (sulfide) groups is 1. The minimum atomic E-state index is 0. The van der Waals surface area contributed by atoms with Crippen LogP contribution in [0.4, 0.5) is 0 Å². The average Bonchev–Trinajstić information content (AvgIpc) is 3.10. The van der Waals surface area contributed by atoms with E-state index in [2.05, 4.69) is 53.9 Å². The summed E-state index contributed by atoms with van der Waals surface area (Å²) in [6.45, 7) is 5.21. The van der Waals surface area contributed by atoms with Crippen molar-refractivity contribution >= 4 is 41.7 Å². The molecule has 20 heavy (non-hydrogen) atoms. The van der Waals surface area contributed by atoms with Gasteiger partial charge in [0.1, 0.15) is 0 Å². The molecular formula is C15H24IN3S. The highest BCUT2D eigenvalue weighted by molar-refractivity contribution is 14.0. The number of hydrogen-bond acceptors (Lipinski definition) is 2. The van der Waals surface area contributed by atoms with E-state index in [1.54, 1.807) is 11.8 Å². The molecule has 0 spiro atoms. The lowest BCUT2D eigenvalue weighted by Gasteiger charge is -2.13. The van der Waals surface area contributed by atoms with Crippen LogP contribution in [0.3, 0.4) is 0 Å². The van der Waals surface area contributed by atoms with Gasteiger partial charge < -0.3 is 10.6 Å². The molecule has 0 bridgehead atoms. The molecule has 2 atom stereocenters. The van der Waals surface area contributed by atoms with E-state index in [0.717, 1.165) is 18.4 Å². The van der Waals surface area contributed by atoms with Crippen LogP contribution in [-0.2, 0) is 6.54 Å². The van der Waals surface area contributed by atoms with E-state index >= 15 is 0 Å². The topological polar surface area (TPSA) is 36.4 Å². The van der Waals surface area contributed by atoms with Crippen LogP contribution in [-0.4, -0.2) is 25.3 Å². The molecule has 112 valence electrons. The molecule has 1 aliphatic carbocycles. The van der Waals surface area contributed by atoms with Gasteiger partial charge in [-0.2, -0.15) is 0 Å². The predicted molar refractivity (Wildman–Crippen MR) is 99.3 cm³/mol. The Kier molecular flexibility index (Phi) is 7.15. The molecule has 1 aromatic rings. The molecular weight excluding hydrogens is 381 g/mol. The van der Waals surface area contributed by atoms with Crippen LogP contribution in [0, 0.1) is 12.8 Å². The minimum Gasteiger partial charge on any atom is -0.353 e. The highest BCUT2D eigenvalue weighted by Gasteiger charge is 2.33. The Morgan fingerprint density at radius 2 is 2.15 bits per heavy atom. The summed E-state index contributed by atoms with van der Waals surface area (Å²) in [4.78, 5) is 5.61. The largest absolute Gasteiger partial charge is 0.353 e.